The molecular weight excluding hydrogens is 270 g/mol. The fourth-order valence-electron chi connectivity index (χ4n) is 2.09. The second-order valence-corrected chi connectivity index (χ2v) is 5.58. The summed E-state index contributed by atoms with van der Waals surface area (Å²) in [4.78, 5) is 0. The van der Waals surface area contributed by atoms with Crippen molar-refractivity contribution in [1.29, 1.82) is 0 Å². The van der Waals surface area contributed by atoms with Crippen molar-refractivity contribution in [3.8, 4) is 5.75 Å². The van der Waals surface area contributed by atoms with Gasteiger partial charge in [0.1, 0.15) is 12.4 Å². The average Bonchev–Trinajstić information content (AvgIpc) is 2.42. The maximum Gasteiger partial charge on any atom is 0.120 e. The van der Waals surface area contributed by atoms with Gasteiger partial charge in [0, 0.05) is 5.02 Å². The highest BCUT2D eigenvalue weighted by atomic mass is 35.5. The van der Waals surface area contributed by atoms with Gasteiger partial charge in [-0.1, -0.05) is 41.4 Å². The topological polar surface area (TPSA) is 35.2 Å². The molecule has 0 saturated heterocycles. The number of hydrogen-bond donors (Lipinski definition) is 1. The van der Waals surface area contributed by atoms with E-state index in [0.717, 1.165) is 27.5 Å². The van der Waals surface area contributed by atoms with E-state index >= 15 is 0 Å². The van der Waals surface area contributed by atoms with Gasteiger partial charge in [-0.05, 0) is 49.6 Å². The molecule has 2 aromatic carbocycles. The van der Waals surface area contributed by atoms with Crippen LogP contribution >= 0.6 is 11.6 Å². The maximum atomic E-state index is 6.15. The molecule has 1 unspecified atom stereocenters. The Kier molecular flexibility index (Phi) is 4.69. The van der Waals surface area contributed by atoms with Gasteiger partial charge in [-0.2, -0.15) is 0 Å². The molecule has 0 radical (unpaired) electrons. The van der Waals surface area contributed by atoms with Gasteiger partial charge in [0.15, 0.2) is 0 Å². The van der Waals surface area contributed by atoms with Crippen molar-refractivity contribution in [3.05, 3.63) is 63.7 Å². The van der Waals surface area contributed by atoms with Crippen molar-refractivity contribution in [1.82, 2.24) is 0 Å². The predicted octanol–water partition coefficient (Wildman–Crippen LogP) is 4.34. The lowest BCUT2D eigenvalue weighted by atomic mass is 10.1. The molecule has 0 aliphatic heterocycles. The molecule has 2 N–H and O–H groups in total. The highest BCUT2D eigenvalue weighted by molar-refractivity contribution is 6.32. The summed E-state index contributed by atoms with van der Waals surface area (Å²) in [6.45, 7) is 6.46. The Hall–Kier alpha value is -1.51. The molecular formula is C17H20ClNO. The van der Waals surface area contributed by atoms with Gasteiger partial charge in [-0.15, -0.1) is 0 Å². The molecule has 2 rings (SSSR count). The van der Waals surface area contributed by atoms with Crippen molar-refractivity contribution in [3.63, 3.8) is 0 Å². The fourth-order valence-corrected chi connectivity index (χ4v) is 2.19. The van der Waals surface area contributed by atoms with Crippen LogP contribution in [-0.2, 0) is 0 Å². The second-order valence-electron chi connectivity index (χ2n) is 5.20. The summed E-state index contributed by atoms with van der Waals surface area (Å²) in [6, 6.07) is 12.0. The molecule has 0 spiro atoms. The summed E-state index contributed by atoms with van der Waals surface area (Å²) in [7, 11) is 0. The van der Waals surface area contributed by atoms with Crippen LogP contribution in [0.15, 0.2) is 36.4 Å². The Labute approximate surface area is 125 Å². The quantitative estimate of drug-likeness (QED) is 0.908. The highest BCUT2D eigenvalue weighted by Crippen LogP contribution is 2.26. The predicted molar refractivity (Wildman–Crippen MR) is 84.5 cm³/mol. The maximum absolute atomic E-state index is 6.15. The largest absolute Gasteiger partial charge is 0.492 e. The molecule has 20 heavy (non-hydrogen) atoms. The molecule has 0 aromatic heterocycles. The first-order valence-electron chi connectivity index (χ1n) is 6.69. The highest BCUT2D eigenvalue weighted by Gasteiger charge is 2.08. The monoisotopic (exact) mass is 289 g/mol. The summed E-state index contributed by atoms with van der Waals surface area (Å²) in [6.07, 6.45) is 0. The van der Waals surface area contributed by atoms with E-state index in [0.29, 0.717) is 6.61 Å². The summed E-state index contributed by atoms with van der Waals surface area (Å²) in [5.41, 5.74) is 10.5. The smallest absolute Gasteiger partial charge is 0.120 e. The van der Waals surface area contributed by atoms with Crippen LogP contribution in [0.4, 0.5) is 0 Å². The Morgan fingerprint density at radius 1 is 1.05 bits per heavy atom. The third-order valence-corrected chi connectivity index (χ3v) is 3.94. The lowest BCUT2D eigenvalue weighted by Crippen LogP contribution is -2.19. The van der Waals surface area contributed by atoms with Gasteiger partial charge >= 0.3 is 0 Å². The van der Waals surface area contributed by atoms with Crippen LogP contribution in [0.2, 0.25) is 5.02 Å². The number of hydrogen-bond acceptors (Lipinski definition) is 2. The molecule has 0 aliphatic carbocycles. The van der Waals surface area contributed by atoms with E-state index in [1.54, 1.807) is 0 Å². The lowest BCUT2D eigenvalue weighted by Gasteiger charge is -2.15. The van der Waals surface area contributed by atoms with Gasteiger partial charge in [0.2, 0.25) is 0 Å². The van der Waals surface area contributed by atoms with E-state index in [4.69, 9.17) is 22.1 Å². The summed E-state index contributed by atoms with van der Waals surface area (Å²) < 4.78 is 5.79. The first kappa shape index (κ1) is 14.9. The number of nitrogens with two attached hydrogens (primary N) is 1. The van der Waals surface area contributed by atoms with E-state index in [1.165, 1.54) is 5.56 Å². The second kappa shape index (κ2) is 6.29. The van der Waals surface area contributed by atoms with Crippen LogP contribution < -0.4 is 10.5 Å². The van der Waals surface area contributed by atoms with Crippen LogP contribution in [0, 0.1) is 20.8 Å². The normalized spacial score (nSPS) is 12.2. The van der Waals surface area contributed by atoms with Crippen LogP contribution in [0.1, 0.15) is 28.3 Å². The van der Waals surface area contributed by atoms with Crippen LogP contribution in [0.25, 0.3) is 0 Å². The van der Waals surface area contributed by atoms with E-state index in [-0.39, 0.29) is 6.04 Å². The van der Waals surface area contributed by atoms with E-state index in [9.17, 15) is 0 Å². The molecule has 0 bridgehead atoms. The summed E-state index contributed by atoms with van der Waals surface area (Å²) >= 11 is 6.14. The zero-order chi connectivity index (χ0) is 14.7. The molecule has 0 aliphatic rings. The minimum atomic E-state index is -0.133. The minimum Gasteiger partial charge on any atom is -0.492 e. The molecule has 2 aromatic rings. The Bertz CT molecular complexity index is 569. The molecule has 106 valence electrons. The van der Waals surface area contributed by atoms with Gasteiger partial charge < -0.3 is 10.5 Å². The average molecular weight is 290 g/mol. The number of benzene rings is 2. The van der Waals surface area contributed by atoms with Gasteiger partial charge in [-0.3, -0.25) is 0 Å². The number of rotatable bonds is 4. The Morgan fingerprint density at radius 2 is 1.60 bits per heavy atom. The van der Waals surface area contributed by atoms with Gasteiger partial charge in [-0.25, -0.2) is 0 Å². The third-order valence-electron chi connectivity index (χ3n) is 3.35. The molecule has 3 heteroatoms. The number of halogens is 1. The fraction of sp³-hybridized carbons (Fsp3) is 0.294. The Balaban J connectivity index is 2.03. The molecule has 1 atom stereocenters. The van der Waals surface area contributed by atoms with Gasteiger partial charge in [0.05, 0.1) is 6.04 Å². The Morgan fingerprint density at radius 3 is 2.15 bits per heavy atom. The van der Waals surface area contributed by atoms with Crippen LogP contribution in [-0.4, -0.2) is 6.61 Å². The third kappa shape index (κ3) is 3.53. The van der Waals surface area contributed by atoms with Gasteiger partial charge in [0.25, 0.3) is 0 Å². The SMILES string of the molecule is Cc1ccc(C(N)COc2cc(C)c(Cl)c(C)c2)cc1. The van der Waals surface area contributed by atoms with Crippen LogP contribution in [0.3, 0.4) is 0 Å². The molecule has 0 heterocycles. The molecule has 0 fully saturated rings. The first-order valence-corrected chi connectivity index (χ1v) is 7.07. The lowest BCUT2D eigenvalue weighted by molar-refractivity contribution is 0.290. The van der Waals surface area contributed by atoms with Crippen molar-refractivity contribution in [2.24, 2.45) is 5.73 Å². The van der Waals surface area contributed by atoms with E-state index in [1.807, 2.05) is 38.1 Å². The molecule has 0 saturated carbocycles. The van der Waals surface area contributed by atoms with Crippen molar-refractivity contribution < 1.29 is 4.74 Å². The van der Waals surface area contributed by atoms with Crippen molar-refractivity contribution in [2.75, 3.05) is 6.61 Å². The van der Waals surface area contributed by atoms with E-state index in [2.05, 4.69) is 19.1 Å². The first-order chi connectivity index (χ1) is 9.47. The summed E-state index contributed by atoms with van der Waals surface area (Å²) in [5.74, 6) is 0.812. The zero-order valence-electron chi connectivity index (χ0n) is 12.1. The van der Waals surface area contributed by atoms with Crippen molar-refractivity contribution in [2.45, 2.75) is 26.8 Å². The van der Waals surface area contributed by atoms with Crippen molar-refractivity contribution >= 4 is 11.6 Å². The standard InChI is InChI=1S/C17H20ClNO/c1-11-4-6-14(7-5-11)16(19)10-20-15-8-12(2)17(18)13(3)9-15/h4-9,16H,10,19H2,1-3H3. The van der Waals surface area contributed by atoms with Crippen LogP contribution in [0.5, 0.6) is 5.75 Å². The van der Waals surface area contributed by atoms with E-state index < -0.39 is 0 Å². The number of aryl methyl sites for hydroxylation is 3. The summed E-state index contributed by atoms with van der Waals surface area (Å²) in [5, 5.41) is 0.792. The minimum absolute atomic E-state index is 0.133. The zero-order valence-corrected chi connectivity index (χ0v) is 12.9. The molecule has 0 amide bonds. The number of ether oxygens (including phenoxy) is 1. The molecule has 2 nitrogen and oxygen atoms in total.